The highest BCUT2D eigenvalue weighted by Gasteiger charge is 2.23. The SMILES string of the molecule is C=CCO[C@@H](CC(=O)OC)C(=O)OC. The second-order valence-corrected chi connectivity index (χ2v) is 2.41. The van der Waals surface area contributed by atoms with E-state index < -0.39 is 18.0 Å². The van der Waals surface area contributed by atoms with E-state index in [0.717, 1.165) is 0 Å². The van der Waals surface area contributed by atoms with Gasteiger partial charge in [0, 0.05) is 0 Å². The predicted molar refractivity (Wildman–Crippen MR) is 48.6 cm³/mol. The van der Waals surface area contributed by atoms with E-state index in [9.17, 15) is 9.59 Å². The van der Waals surface area contributed by atoms with E-state index in [2.05, 4.69) is 16.1 Å². The summed E-state index contributed by atoms with van der Waals surface area (Å²) in [6.45, 7) is 3.60. The van der Waals surface area contributed by atoms with Crippen molar-refractivity contribution in [3.05, 3.63) is 12.7 Å². The van der Waals surface area contributed by atoms with Crippen LogP contribution in [0.3, 0.4) is 0 Å². The topological polar surface area (TPSA) is 61.8 Å². The molecule has 14 heavy (non-hydrogen) atoms. The highest BCUT2D eigenvalue weighted by molar-refractivity contribution is 5.81. The smallest absolute Gasteiger partial charge is 0.335 e. The summed E-state index contributed by atoms with van der Waals surface area (Å²) in [5.74, 6) is -1.12. The molecule has 0 unspecified atom stereocenters. The van der Waals surface area contributed by atoms with Gasteiger partial charge >= 0.3 is 11.9 Å². The van der Waals surface area contributed by atoms with Crippen LogP contribution in [-0.4, -0.2) is 38.9 Å². The Balaban J connectivity index is 4.16. The Labute approximate surface area is 82.6 Å². The molecule has 5 heteroatoms. The first-order valence-electron chi connectivity index (χ1n) is 4.02. The van der Waals surface area contributed by atoms with E-state index in [1.165, 1.54) is 20.3 Å². The molecule has 0 spiro atoms. The summed E-state index contributed by atoms with van der Waals surface area (Å²) in [6, 6.07) is 0. The zero-order valence-corrected chi connectivity index (χ0v) is 8.32. The fourth-order valence-electron chi connectivity index (χ4n) is 0.761. The molecule has 0 aliphatic carbocycles. The second kappa shape index (κ2) is 7.08. The molecule has 0 aromatic carbocycles. The van der Waals surface area contributed by atoms with Crippen molar-refractivity contribution in [2.45, 2.75) is 12.5 Å². The van der Waals surface area contributed by atoms with Crippen LogP contribution in [0.1, 0.15) is 6.42 Å². The van der Waals surface area contributed by atoms with Crippen LogP contribution in [0.5, 0.6) is 0 Å². The zero-order chi connectivity index (χ0) is 11.0. The molecule has 0 bridgehead atoms. The third kappa shape index (κ3) is 4.61. The third-order valence-electron chi connectivity index (χ3n) is 1.46. The van der Waals surface area contributed by atoms with E-state index in [1.54, 1.807) is 0 Å². The second-order valence-electron chi connectivity index (χ2n) is 2.41. The summed E-state index contributed by atoms with van der Waals surface area (Å²) in [4.78, 5) is 21.9. The third-order valence-corrected chi connectivity index (χ3v) is 1.46. The molecule has 0 aliphatic heterocycles. The van der Waals surface area contributed by atoms with Gasteiger partial charge in [0.1, 0.15) is 0 Å². The van der Waals surface area contributed by atoms with Gasteiger partial charge in [-0.2, -0.15) is 0 Å². The maximum Gasteiger partial charge on any atom is 0.335 e. The molecule has 1 atom stereocenters. The summed E-state index contributed by atoms with van der Waals surface area (Å²) in [6.07, 6.45) is 0.398. The lowest BCUT2D eigenvalue weighted by molar-refractivity contribution is -0.159. The average Bonchev–Trinajstić information content (AvgIpc) is 2.22. The Morgan fingerprint density at radius 2 is 2.00 bits per heavy atom. The first-order chi connectivity index (χ1) is 6.65. The van der Waals surface area contributed by atoms with E-state index in [0.29, 0.717) is 0 Å². The van der Waals surface area contributed by atoms with Gasteiger partial charge < -0.3 is 14.2 Å². The molecule has 0 heterocycles. The van der Waals surface area contributed by atoms with Gasteiger partial charge in [0.05, 0.1) is 27.2 Å². The Kier molecular flexibility index (Phi) is 6.39. The van der Waals surface area contributed by atoms with Gasteiger partial charge in [0.2, 0.25) is 0 Å². The largest absolute Gasteiger partial charge is 0.469 e. The Bertz CT molecular complexity index is 211. The number of hydrogen-bond acceptors (Lipinski definition) is 5. The van der Waals surface area contributed by atoms with Crippen molar-refractivity contribution in [1.82, 2.24) is 0 Å². The molecular formula is C9H14O5. The highest BCUT2D eigenvalue weighted by atomic mass is 16.6. The van der Waals surface area contributed by atoms with Crippen molar-refractivity contribution in [1.29, 1.82) is 0 Å². The summed E-state index contributed by atoms with van der Waals surface area (Å²) in [7, 11) is 2.47. The lowest BCUT2D eigenvalue weighted by Crippen LogP contribution is -2.29. The van der Waals surface area contributed by atoms with E-state index in [1.807, 2.05) is 0 Å². The van der Waals surface area contributed by atoms with E-state index >= 15 is 0 Å². The predicted octanol–water partition coefficient (Wildman–Crippen LogP) is 0.294. The van der Waals surface area contributed by atoms with Crippen molar-refractivity contribution in [2.75, 3.05) is 20.8 Å². The summed E-state index contributed by atoms with van der Waals surface area (Å²) in [5, 5.41) is 0. The van der Waals surface area contributed by atoms with Gasteiger partial charge in [-0.3, -0.25) is 4.79 Å². The normalized spacial score (nSPS) is 11.6. The molecule has 5 nitrogen and oxygen atoms in total. The molecule has 0 rings (SSSR count). The van der Waals surface area contributed by atoms with Gasteiger partial charge in [-0.25, -0.2) is 4.79 Å². The molecule has 80 valence electrons. The quantitative estimate of drug-likeness (QED) is 0.457. The molecule has 0 amide bonds. The molecule has 0 aromatic rings. The van der Waals surface area contributed by atoms with Crippen molar-refractivity contribution in [3.63, 3.8) is 0 Å². The average molecular weight is 202 g/mol. The van der Waals surface area contributed by atoms with Crippen molar-refractivity contribution in [3.8, 4) is 0 Å². The molecule has 0 saturated heterocycles. The van der Waals surface area contributed by atoms with Crippen LogP contribution in [0.2, 0.25) is 0 Å². The van der Waals surface area contributed by atoms with Crippen LogP contribution < -0.4 is 0 Å². The minimum Gasteiger partial charge on any atom is -0.469 e. The molecular weight excluding hydrogens is 188 g/mol. The number of rotatable bonds is 6. The van der Waals surface area contributed by atoms with Crippen LogP contribution in [0, 0.1) is 0 Å². The number of ether oxygens (including phenoxy) is 3. The lowest BCUT2D eigenvalue weighted by atomic mass is 10.2. The van der Waals surface area contributed by atoms with Gasteiger partial charge in [-0.05, 0) is 0 Å². The van der Waals surface area contributed by atoms with Crippen molar-refractivity contribution in [2.24, 2.45) is 0 Å². The molecule has 0 saturated carbocycles. The fourth-order valence-corrected chi connectivity index (χ4v) is 0.761. The number of methoxy groups -OCH3 is 2. The molecule has 0 aliphatic rings. The molecule has 0 N–H and O–H groups in total. The van der Waals surface area contributed by atoms with Crippen LogP contribution in [0.15, 0.2) is 12.7 Å². The first kappa shape index (κ1) is 12.6. The van der Waals surface area contributed by atoms with Crippen LogP contribution in [-0.2, 0) is 23.8 Å². The summed E-state index contributed by atoms with van der Waals surface area (Å²) in [5.41, 5.74) is 0. The number of carbonyl (C=O) groups is 2. The van der Waals surface area contributed by atoms with Crippen LogP contribution >= 0.6 is 0 Å². The number of hydrogen-bond donors (Lipinski definition) is 0. The van der Waals surface area contributed by atoms with E-state index in [-0.39, 0.29) is 13.0 Å². The van der Waals surface area contributed by atoms with Gasteiger partial charge in [0.25, 0.3) is 0 Å². The Morgan fingerprint density at radius 1 is 1.36 bits per heavy atom. The van der Waals surface area contributed by atoms with Crippen LogP contribution in [0.25, 0.3) is 0 Å². The Morgan fingerprint density at radius 3 is 2.43 bits per heavy atom. The Hall–Kier alpha value is -1.36. The maximum atomic E-state index is 11.1. The summed E-state index contributed by atoms with van der Waals surface area (Å²) < 4.78 is 13.9. The van der Waals surface area contributed by atoms with Crippen molar-refractivity contribution >= 4 is 11.9 Å². The number of carbonyl (C=O) groups excluding carboxylic acids is 2. The maximum absolute atomic E-state index is 11.1. The van der Waals surface area contributed by atoms with Crippen molar-refractivity contribution < 1.29 is 23.8 Å². The van der Waals surface area contributed by atoms with E-state index in [4.69, 9.17) is 4.74 Å². The monoisotopic (exact) mass is 202 g/mol. The minimum absolute atomic E-state index is 0.156. The molecule has 0 radical (unpaired) electrons. The van der Waals surface area contributed by atoms with Gasteiger partial charge in [0.15, 0.2) is 6.10 Å². The fraction of sp³-hybridized carbons (Fsp3) is 0.556. The van der Waals surface area contributed by atoms with Crippen LogP contribution in [0.4, 0.5) is 0 Å². The summed E-state index contributed by atoms with van der Waals surface area (Å²) >= 11 is 0. The first-order valence-corrected chi connectivity index (χ1v) is 4.02. The highest BCUT2D eigenvalue weighted by Crippen LogP contribution is 2.02. The minimum atomic E-state index is -0.926. The number of esters is 2. The standard InChI is InChI=1S/C9H14O5/c1-4-5-14-7(9(11)13-3)6-8(10)12-2/h4,7H,1,5-6H2,2-3H3/t7-/m0/s1. The molecule has 0 aromatic heterocycles. The zero-order valence-electron chi connectivity index (χ0n) is 8.32. The molecule has 0 fully saturated rings. The van der Waals surface area contributed by atoms with Gasteiger partial charge in [-0.1, -0.05) is 6.08 Å². The van der Waals surface area contributed by atoms with Gasteiger partial charge in [-0.15, -0.1) is 6.58 Å². The lowest BCUT2D eigenvalue weighted by Gasteiger charge is -2.12.